The van der Waals surface area contributed by atoms with Crippen molar-refractivity contribution in [3.63, 3.8) is 0 Å². The van der Waals surface area contributed by atoms with Gasteiger partial charge in [-0.3, -0.25) is 14.5 Å². The zero-order valence-corrected chi connectivity index (χ0v) is 20.8. The molecular formula is C28H36FN3O2. The molecule has 1 aliphatic heterocycles. The van der Waals surface area contributed by atoms with Gasteiger partial charge in [0.25, 0.3) is 5.91 Å². The Morgan fingerprint density at radius 1 is 1.06 bits per heavy atom. The minimum Gasteiger partial charge on any atom is -0.337 e. The van der Waals surface area contributed by atoms with Crippen molar-refractivity contribution in [3.8, 4) is 0 Å². The highest BCUT2D eigenvalue weighted by atomic mass is 19.1. The van der Waals surface area contributed by atoms with E-state index >= 15 is 0 Å². The quantitative estimate of drug-likeness (QED) is 0.658. The molecule has 1 saturated carbocycles. The number of nitrogens with zero attached hydrogens (tertiary/aromatic N) is 2. The van der Waals surface area contributed by atoms with Crippen LogP contribution in [0.5, 0.6) is 0 Å². The Hall–Kier alpha value is -2.73. The van der Waals surface area contributed by atoms with Crippen LogP contribution in [0.15, 0.2) is 30.3 Å². The third kappa shape index (κ3) is 5.33. The molecule has 2 fully saturated rings. The van der Waals surface area contributed by atoms with Gasteiger partial charge in [-0.15, -0.1) is 0 Å². The maximum Gasteiger partial charge on any atom is 0.255 e. The number of anilines is 1. The average molecular weight is 466 g/mol. The molecule has 1 aliphatic carbocycles. The van der Waals surface area contributed by atoms with E-state index in [-0.39, 0.29) is 23.7 Å². The molecule has 4 rings (SSSR count). The van der Waals surface area contributed by atoms with Gasteiger partial charge in [-0.25, -0.2) is 4.39 Å². The van der Waals surface area contributed by atoms with Gasteiger partial charge < -0.3 is 10.2 Å². The first kappa shape index (κ1) is 24.4. The Morgan fingerprint density at radius 2 is 1.79 bits per heavy atom. The lowest BCUT2D eigenvalue weighted by Crippen LogP contribution is -2.54. The number of rotatable bonds is 5. The lowest BCUT2D eigenvalue weighted by Gasteiger charge is -2.41. The molecule has 2 amide bonds. The molecule has 0 radical (unpaired) electrons. The van der Waals surface area contributed by atoms with E-state index in [1.165, 1.54) is 6.07 Å². The summed E-state index contributed by atoms with van der Waals surface area (Å²) in [6.07, 6.45) is 4.35. The van der Waals surface area contributed by atoms with Crippen LogP contribution in [0.3, 0.4) is 0 Å². The molecule has 2 aliphatic rings. The van der Waals surface area contributed by atoms with Crippen molar-refractivity contribution in [2.24, 2.45) is 5.92 Å². The first-order valence-electron chi connectivity index (χ1n) is 12.4. The highest BCUT2D eigenvalue weighted by molar-refractivity contribution is 6.05. The number of benzene rings is 2. The summed E-state index contributed by atoms with van der Waals surface area (Å²) in [5, 5.41) is 2.92. The topological polar surface area (TPSA) is 52.7 Å². The van der Waals surface area contributed by atoms with Crippen LogP contribution < -0.4 is 5.32 Å². The predicted molar refractivity (Wildman–Crippen MR) is 133 cm³/mol. The third-order valence-corrected chi connectivity index (χ3v) is 7.46. The number of hydrogen-bond acceptors (Lipinski definition) is 3. The second kappa shape index (κ2) is 10.3. The van der Waals surface area contributed by atoms with Crippen LogP contribution in [0.4, 0.5) is 10.1 Å². The van der Waals surface area contributed by atoms with Crippen molar-refractivity contribution in [2.45, 2.75) is 66.0 Å². The molecule has 6 heteroatoms. The van der Waals surface area contributed by atoms with Gasteiger partial charge in [0.15, 0.2) is 0 Å². The number of aryl methyl sites for hydroxylation is 2. The Bertz CT molecular complexity index is 1080. The van der Waals surface area contributed by atoms with E-state index in [0.29, 0.717) is 30.2 Å². The summed E-state index contributed by atoms with van der Waals surface area (Å²) < 4.78 is 14.6. The summed E-state index contributed by atoms with van der Waals surface area (Å²) in [4.78, 5) is 30.1. The number of nitrogens with one attached hydrogen (secondary N) is 1. The molecule has 1 N–H and O–H groups in total. The smallest absolute Gasteiger partial charge is 0.255 e. The van der Waals surface area contributed by atoms with Gasteiger partial charge >= 0.3 is 0 Å². The molecule has 0 bridgehead atoms. The van der Waals surface area contributed by atoms with Crippen LogP contribution in [-0.2, 0) is 11.3 Å². The van der Waals surface area contributed by atoms with E-state index in [0.717, 1.165) is 61.0 Å². The van der Waals surface area contributed by atoms with Gasteiger partial charge in [0.05, 0.1) is 0 Å². The fourth-order valence-electron chi connectivity index (χ4n) is 5.35. The number of amides is 2. The third-order valence-electron chi connectivity index (χ3n) is 7.46. The molecule has 1 heterocycles. The summed E-state index contributed by atoms with van der Waals surface area (Å²) in [6.45, 7) is 10.7. The van der Waals surface area contributed by atoms with Crippen LogP contribution in [0.25, 0.3) is 0 Å². The van der Waals surface area contributed by atoms with Crippen molar-refractivity contribution in [1.82, 2.24) is 9.80 Å². The Labute approximate surface area is 202 Å². The first-order chi connectivity index (χ1) is 16.2. The normalized spacial score (nSPS) is 19.4. The first-order valence-corrected chi connectivity index (χ1v) is 12.4. The second-order valence-corrected chi connectivity index (χ2v) is 10.1. The molecule has 0 spiro atoms. The molecule has 182 valence electrons. The monoisotopic (exact) mass is 465 g/mol. The lowest BCUT2D eigenvalue weighted by molar-refractivity contribution is -0.140. The molecule has 1 unspecified atom stereocenters. The number of carbonyl (C=O) groups is 2. The maximum absolute atomic E-state index is 14.6. The number of hydrogen-bond donors (Lipinski definition) is 1. The van der Waals surface area contributed by atoms with E-state index in [4.69, 9.17) is 0 Å². The van der Waals surface area contributed by atoms with Gasteiger partial charge in [-0.05, 0) is 75.4 Å². The summed E-state index contributed by atoms with van der Waals surface area (Å²) in [7, 11) is 0. The summed E-state index contributed by atoms with van der Waals surface area (Å²) in [6, 6.07) is 8.84. The van der Waals surface area contributed by atoms with E-state index in [1.807, 2.05) is 43.9 Å². The van der Waals surface area contributed by atoms with Crippen LogP contribution in [0, 0.1) is 32.5 Å². The number of halogens is 1. The van der Waals surface area contributed by atoms with Crippen molar-refractivity contribution in [1.29, 1.82) is 0 Å². The molecule has 5 nitrogen and oxygen atoms in total. The van der Waals surface area contributed by atoms with E-state index in [1.54, 1.807) is 6.07 Å². The van der Waals surface area contributed by atoms with Gasteiger partial charge in [0, 0.05) is 49.4 Å². The number of piperazine rings is 1. The lowest BCUT2D eigenvalue weighted by atomic mass is 10.0. The molecule has 2 aromatic rings. The fourth-order valence-corrected chi connectivity index (χ4v) is 5.35. The Kier molecular flexibility index (Phi) is 7.36. The predicted octanol–water partition coefficient (Wildman–Crippen LogP) is 5.23. The SMILES string of the molecule is Cc1ccc(C)c(C(=O)Nc2cc(F)cc(CN3CCN(C(=O)C4CCCC4)C(C)C3)c2C)c1. The fraction of sp³-hybridized carbons (Fsp3) is 0.500. The second-order valence-electron chi connectivity index (χ2n) is 10.1. The van der Waals surface area contributed by atoms with E-state index in [9.17, 15) is 14.0 Å². The van der Waals surface area contributed by atoms with Gasteiger partial charge in [-0.1, -0.05) is 30.5 Å². The van der Waals surface area contributed by atoms with Crippen molar-refractivity contribution in [2.75, 3.05) is 25.0 Å². The van der Waals surface area contributed by atoms with Crippen LogP contribution in [0.1, 0.15) is 65.2 Å². The van der Waals surface area contributed by atoms with Crippen molar-refractivity contribution in [3.05, 3.63) is 64.0 Å². The van der Waals surface area contributed by atoms with Gasteiger partial charge in [0.2, 0.25) is 5.91 Å². The van der Waals surface area contributed by atoms with Crippen molar-refractivity contribution >= 4 is 17.5 Å². The standard InChI is InChI=1S/C28H36FN3O2/c1-18-9-10-19(2)25(13-18)27(33)30-26-15-24(29)14-23(21(26)4)17-31-11-12-32(20(3)16-31)28(34)22-7-5-6-8-22/h9-10,13-15,20,22H,5-8,11-12,16-17H2,1-4H3,(H,30,33). The maximum atomic E-state index is 14.6. The summed E-state index contributed by atoms with van der Waals surface area (Å²) in [5.74, 6) is -0.0841. The van der Waals surface area contributed by atoms with E-state index in [2.05, 4.69) is 17.1 Å². The van der Waals surface area contributed by atoms with Gasteiger partial charge in [0.1, 0.15) is 5.82 Å². The summed E-state index contributed by atoms with van der Waals surface area (Å²) >= 11 is 0. The van der Waals surface area contributed by atoms with Crippen LogP contribution in [0.2, 0.25) is 0 Å². The zero-order valence-electron chi connectivity index (χ0n) is 20.8. The average Bonchev–Trinajstić information content (AvgIpc) is 3.33. The number of carbonyl (C=O) groups excluding carboxylic acids is 2. The molecular weight excluding hydrogens is 429 g/mol. The molecule has 34 heavy (non-hydrogen) atoms. The Balaban J connectivity index is 1.44. The van der Waals surface area contributed by atoms with Crippen LogP contribution in [-0.4, -0.2) is 47.3 Å². The highest BCUT2D eigenvalue weighted by Gasteiger charge is 2.33. The zero-order chi connectivity index (χ0) is 24.4. The minimum absolute atomic E-state index is 0.138. The Morgan fingerprint density at radius 3 is 2.50 bits per heavy atom. The van der Waals surface area contributed by atoms with Crippen LogP contribution >= 0.6 is 0 Å². The highest BCUT2D eigenvalue weighted by Crippen LogP contribution is 2.29. The van der Waals surface area contributed by atoms with Gasteiger partial charge in [-0.2, -0.15) is 0 Å². The summed E-state index contributed by atoms with van der Waals surface area (Å²) in [5.41, 5.74) is 4.73. The molecule has 2 aromatic carbocycles. The largest absolute Gasteiger partial charge is 0.337 e. The molecule has 1 saturated heterocycles. The molecule has 0 aromatic heterocycles. The van der Waals surface area contributed by atoms with E-state index < -0.39 is 0 Å². The van der Waals surface area contributed by atoms with Crippen molar-refractivity contribution < 1.29 is 14.0 Å². The minimum atomic E-state index is -0.361. The molecule has 1 atom stereocenters.